The highest BCUT2D eigenvalue weighted by molar-refractivity contribution is 5.80. The zero-order valence-electron chi connectivity index (χ0n) is 18.3. The van der Waals surface area contributed by atoms with Gasteiger partial charge in [0.05, 0.1) is 12.6 Å². The molecule has 0 spiro atoms. The topological polar surface area (TPSA) is 43.9 Å². The second kappa shape index (κ2) is 9.57. The summed E-state index contributed by atoms with van der Waals surface area (Å²) in [6.07, 6.45) is 6.64. The molecule has 2 aliphatic rings. The molecule has 0 aromatic heterocycles. The molecule has 29 heavy (non-hydrogen) atoms. The van der Waals surface area contributed by atoms with E-state index in [1.54, 1.807) is 0 Å². The number of likely N-dealkylation sites (N-methyl/N-ethyl adjacent to an activating group) is 1. The number of benzene rings is 1. The van der Waals surface area contributed by atoms with E-state index in [1.807, 2.05) is 43.0 Å². The monoisotopic (exact) mass is 397 g/mol. The number of hydrogen-bond donors (Lipinski definition) is 0. The van der Waals surface area contributed by atoms with Crippen LogP contribution in [0.4, 0.5) is 0 Å². The van der Waals surface area contributed by atoms with Crippen molar-refractivity contribution >= 4 is 11.8 Å². The maximum absolute atomic E-state index is 13.0. The minimum Gasteiger partial charge on any atom is -0.342 e. The Morgan fingerprint density at radius 2 is 1.90 bits per heavy atom. The Morgan fingerprint density at radius 3 is 2.59 bits per heavy atom. The lowest BCUT2D eigenvalue weighted by molar-refractivity contribution is -0.134. The third kappa shape index (κ3) is 4.89. The van der Waals surface area contributed by atoms with Crippen LogP contribution in [0.3, 0.4) is 0 Å². The van der Waals surface area contributed by atoms with Gasteiger partial charge in [0, 0.05) is 37.9 Å². The van der Waals surface area contributed by atoms with Crippen LogP contribution in [-0.2, 0) is 9.59 Å². The molecule has 5 nitrogen and oxygen atoms in total. The maximum atomic E-state index is 13.0. The van der Waals surface area contributed by atoms with Crippen molar-refractivity contribution in [1.82, 2.24) is 14.7 Å². The van der Waals surface area contributed by atoms with Crippen molar-refractivity contribution in [2.75, 3.05) is 40.3 Å². The van der Waals surface area contributed by atoms with E-state index in [2.05, 4.69) is 36.1 Å². The molecule has 0 unspecified atom stereocenters. The van der Waals surface area contributed by atoms with Gasteiger partial charge in [-0.3, -0.25) is 9.59 Å². The summed E-state index contributed by atoms with van der Waals surface area (Å²) in [5.74, 6) is 1.13. The quantitative estimate of drug-likeness (QED) is 0.524. The van der Waals surface area contributed by atoms with Gasteiger partial charge in [-0.1, -0.05) is 36.4 Å². The normalized spacial score (nSPS) is 24.0. The lowest BCUT2D eigenvalue weighted by Crippen LogP contribution is -2.41. The summed E-state index contributed by atoms with van der Waals surface area (Å²) in [7, 11) is 3.87. The van der Waals surface area contributed by atoms with Gasteiger partial charge in [0.2, 0.25) is 11.8 Å². The molecule has 0 aliphatic carbocycles. The molecular weight excluding hydrogens is 362 g/mol. The van der Waals surface area contributed by atoms with E-state index in [1.165, 1.54) is 11.1 Å². The van der Waals surface area contributed by atoms with E-state index >= 15 is 0 Å². The summed E-state index contributed by atoms with van der Waals surface area (Å²) >= 11 is 0. The predicted molar refractivity (Wildman–Crippen MR) is 116 cm³/mol. The summed E-state index contributed by atoms with van der Waals surface area (Å²) in [6.45, 7) is 6.85. The van der Waals surface area contributed by atoms with E-state index in [-0.39, 0.29) is 17.9 Å². The molecule has 2 heterocycles. The van der Waals surface area contributed by atoms with Crippen molar-refractivity contribution in [3.05, 3.63) is 47.5 Å². The summed E-state index contributed by atoms with van der Waals surface area (Å²) in [5, 5.41) is 0. The molecule has 0 radical (unpaired) electrons. The number of carbonyl (C=O) groups excluding carboxylic acids is 2. The maximum Gasteiger partial charge on any atom is 0.237 e. The fraction of sp³-hybridized carbons (Fsp3) is 0.583. The molecule has 1 aromatic rings. The average molecular weight is 398 g/mol. The van der Waals surface area contributed by atoms with Crippen LogP contribution < -0.4 is 0 Å². The van der Waals surface area contributed by atoms with Crippen molar-refractivity contribution in [3.63, 3.8) is 0 Å². The summed E-state index contributed by atoms with van der Waals surface area (Å²) in [6, 6.07) is 8.45. The Labute approximate surface area is 175 Å². The highest BCUT2D eigenvalue weighted by Crippen LogP contribution is 2.46. The van der Waals surface area contributed by atoms with Crippen molar-refractivity contribution in [2.45, 2.75) is 39.2 Å². The number of allylic oxidation sites excluding steroid dienone is 2. The number of carbonyl (C=O) groups is 2. The van der Waals surface area contributed by atoms with Gasteiger partial charge in [-0.15, -0.1) is 0 Å². The van der Waals surface area contributed by atoms with E-state index in [4.69, 9.17) is 0 Å². The summed E-state index contributed by atoms with van der Waals surface area (Å²) in [5.41, 5.74) is 2.45. The second-order valence-corrected chi connectivity index (χ2v) is 8.77. The van der Waals surface area contributed by atoms with Crippen molar-refractivity contribution in [2.24, 2.45) is 11.8 Å². The average Bonchev–Trinajstić information content (AvgIpc) is 3.23. The van der Waals surface area contributed by atoms with E-state index in [0.717, 1.165) is 32.5 Å². The molecule has 3 atom stereocenters. The first-order valence-corrected chi connectivity index (χ1v) is 10.8. The van der Waals surface area contributed by atoms with E-state index in [9.17, 15) is 9.59 Å². The zero-order chi connectivity index (χ0) is 21.0. The molecule has 158 valence electrons. The van der Waals surface area contributed by atoms with Crippen molar-refractivity contribution in [1.29, 1.82) is 0 Å². The Bertz CT molecular complexity index is 758. The lowest BCUT2D eigenvalue weighted by Gasteiger charge is -2.31. The molecule has 0 saturated carbocycles. The Balaban J connectivity index is 1.76. The number of hydrogen-bond acceptors (Lipinski definition) is 3. The number of rotatable bonds is 7. The molecule has 2 amide bonds. The molecule has 3 rings (SSSR count). The number of fused-ring (bicyclic) bond motifs is 1. The predicted octanol–water partition coefficient (Wildman–Crippen LogP) is 3.26. The third-order valence-electron chi connectivity index (χ3n) is 6.29. The van der Waals surface area contributed by atoms with Crippen LogP contribution in [0.1, 0.15) is 43.4 Å². The van der Waals surface area contributed by atoms with Gasteiger partial charge >= 0.3 is 0 Å². The third-order valence-corrected chi connectivity index (χ3v) is 6.29. The molecule has 0 N–H and O–H groups in total. The Kier molecular flexibility index (Phi) is 7.12. The van der Waals surface area contributed by atoms with Crippen LogP contribution in [0.5, 0.6) is 0 Å². The van der Waals surface area contributed by atoms with Gasteiger partial charge in [-0.25, -0.2) is 0 Å². The first kappa shape index (κ1) is 21.6. The smallest absolute Gasteiger partial charge is 0.237 e. The van der Waals surface area contributed by atoms with Gasteiger partial charge in [-0.2, -0.15) is 0 Å². The SMILES string of the molecule is CC=CCCCC(=O)N1C[C@@H]2CN(C(=O)CN(C)C)[C@@H](c3ccccc3C)[C@@H]2C1. The molecular formula is C24H35N3O2. The molecule has 2 saturated heterocycles. The fourth-order valence-corrected chi connectivity index (χ4v) is 4.88. The van der Waals surface area contributed by atoms with Crippen LogP contribution in [0, 0.1) is 18.8 Å². The summed E-state index contributed by atoms with van der Waals surface area (Å²) in [4.78, 5) is 31.8. The van der Waals surface area contributed by atoms with E-state index < -0.39 is 0 Å². The van der Waals surface area contributed by atoms with Gasteiger partial charge < -0.3 is 14.7 Å². The van der Waals surface area contributed by atoms with Gasteiger partial charge in [-0.05, 0) is 51.9 Å². The first-order chi connectivity index (χ1) is 13.9. The van der Waals surface area contributed by atoms with Crippen molar-refractivity contribution < 1.29 is 9.59 Å². The van der Waals surface area contributed by atoms with Gasteiger partial charge in [0.1, 0.15) is 0 Å². The van der Waals surface area contributed by atoms with Gasteiger partial charge in [0.25, 0.3) is 0 Å². The number of nitrogens with zero attached hydrogens (tertiary/aromatic N) is 3. The standard InChI is InChI=1S/C24H35N3O2/c1-5-6-7-8-13-22(28)26-14-19-15-27(23(29)17-25(3)4)24(21(19)16-26)20-12-10-9-11-18(20)2/h5-6,9-12,19,21,24H,7-8,13-17H2,1-4H3/t19-,21-,24+/m1/s1. The Morgan fingerprint density at radius 1 is 1.14 bits per heavy atom. The van der Waals surface area contributed by atoms with E-state index in [0.29, 0.717) is 24.8 Å². The van der Waals surface area contributed by atoms with Crippen LogP contribution in [-0.4, -0.2) is 66.8 Å². The number of aryl methyl sites for hydroxylation is 1. The fourth-order valence-electron chi connectivity index (χ4n) is 4.88. The first-order valence-electron chi connectivity index (χ1n) is 10.8. The van der Waals surface area contributed by atoms with Gasteiger partial charge in [0.15, 0.2) is 0 Å². The van der Waals surface area contributed by atoms with Crippen molar-refractivity contribution in [3.8, 4) is 0 Å². The zero-order valence-corrected chi connectivity index (χ0v) is 18.3. The lowest BCUT2D eigenvalue weighted by atomic mass is 9.87. The number of amides is 2. The number of unbranched alkanes of at least 4 members (excludes halogenated alkanes) is 1. The number of likely N-dealkylation sites (tertiary alicyclic amines) is 2. The minimum atomic E-state index is 0.0643. The molecule has 1 aromatic carbocycles. The van der Waals surface area contributed by atoms with Crippen LogP contribution in [0.2, 0.25) is 0 Å². The summed E-state index contributed by atoms with van der Waals surface area (Å²) < 4.78 is 0. The molecule has 2 fully saturated rings. The second-order valence-electron chi connectivity index (χ2n) is 8.77. The highest BCUT2D eigenvalue weighted by atomic mass is 16.2. The van der Waals surface area contributed by atoms with Crippen LogP contribution in [0.25, 0.3) is 0 Å². The minimum absolute atomic E-state index is 0.0643. The molecule has 5 heteroatoms. The highest BCUT2D eigenvalue weighted by Gasteiger charge is 2.50. The van der Waals surface area contributed by atoms with Crippen LogP contribution >= 0.6 is 0 Å². The molecule has 0 bridgehead atoms. The largest absolute Gasteiger partial charge is 0.342 e. The molecule has 2 aliphatic heterocycles. The van der Waals surface area contributed by atoms with Crippen LogP contribution in [0.15, 0.2) is 36.4 Å². The Hall–Kier alpha value is -2.14.